The number of thioether (sulfide) groups is 1. The van der Waals surface area contributed by atoms with Gasteiger partial charge in [-0.25, -0.2) is 0 Å². The SMILES string of the molecule is COc1cc(/C=C(/C#N)C(=O)NCc2ccccc2)cc(CSCCCc2ccccc2)c1O. The predicted molar refractivity (Wildman–Crippen MR) is 137 cm³/mol. The molecule has 3 rings (SSSR count). The molecule has 0 unspecified atom stereocenters. The Morgan fingerprint density at radius 1 is 1.09 bits per heavy atom. The normalized spacial score (nSPS) is 11.0. The second kappa shape index (κ2) is 13.1. The van der Waals surface area contributed by atoms with E-state index in [1.165, 1.54) is 18.7 Å². The third-order valence-electron chi connectivity index (χ3n) is 5.22. The molecule has 0 aromatic heterocycles. The van der Waals surface area contributed by atoms with Crippen LogP contribution in [0.15, 0.2) is 78.4 Å². The van der Waals surface area contributed by atoms with E-state index in [0.717, 1.165) is 24.2 Å². The average Bonchev–Trinajstić information content (AvgIpc) is 2.88. The first-order valence-corrected chi connectivity index (χ1v) is 12.2. The molecule has 174 valence electrons. The Balaban J connectivity index is 1.64. The Labute approximate surface area is 205 Å². The summed E-state index contributed by atoms with van der Waals surface area (Å²) in [6.07, 6.45) is 3.56. The topological polar surface area (TPSA) is 82.3 Å². The molecule has 0 fully saturated rings. The molecule has 0 spiro atoms. The molecule has 0 bridgehead atoms. The van der Waals surface area contributed by atoms with Gasteiger partial charge < -0.3 is 15.2 Å². The number of carbonyl (C=O) groups is 1. The maximum Gasteiger partial charge on any atom is 0.262 e. The van der Waals surface area contributed by atoms with E-state index in [2.05, 4.69) is 17.4 Å². The van der Waals surface area contributed by atoms with E-state index >= 15 is 0 Å². The number of amides is 1. The van der Waals surface area contributed by atoms with Gasteiger partial charge in [0, 0.05) is 17.9 Å². The van der Waals surface area contributed by atoms with Gasteiger partial charge in [-0.3, -0.25) is 4.79 Å². The Hall–Kier alpha value is -3.69. The van der Waals surface area contributed by atoms with Crippen LogP contribution in [0, 0.1) is 11.3 Å². The Morgan fingerprint density at radius 2 is 1.76 bits per heavy atom. The summed E-state index contributed by atoms with van der Waals surface area (Å²) in [5.41, 5.74) is 3.59. The minimum Gasteiger partial charge on any atom is -0.504 e. The lowest BCUT2D eigenvalue weighted by atomic mass is 10.1. The van der Waals surface area contributed by atoms with Crippen LogP contribution in [0.25, 0.3) is 6.08 Å². The molecule has 6 heteroatoms. The quantitative estimate of drug-likeness (QED) is 0.219. The number of ether oxygens (including phenoxy) is 1. The zero-order valence-corrected chi connectivity index (χ0v) is 20.0. The van der Waals surface area contributed by atoms with Crippen LogP contribution in [0.1, 0.15) is 28.7 Å². The molecule has 0 heterocycles. The largest absolute Gasteiger partial charge is 0.504 e. The summed E-state index contributed by atoms with van der Waals surface area (Å²) in [5.74, 6) is 1.50. The molecule has 0 saturated carbocycles. The number of phenolic OH excluding ortho intramolecular Hbond substituents is 1. The number of methoxy groups -OCH3 is 1. The Morgan fingerprint density at radius 3 is 2.41 bits per heavy atom. The zero-order chi connectivity index (χ0) is 24.2. The van der Waals surface area contributed by atoms with Gasteiger partial charge in [-0.1, -0.05) is 60.7 Å². The zero-order valence-electron chi connectivity index (χ0n) is 19.2. The van der Waals surface area contributed by atoms with Gasteiger partial charge in [0.1, 0.15) is 11.6 Å². The first-order chi connectivity index (χ1) is 16.6. The van der Waals surface area contributed by atoms with Crippen LogP contribution in [0.5, 0.6) is 11.5 Å². The maximum atomic E-state index is 12.5. The third-order valence-corrected chi connectivity index (χ3v) is 6.32. The molecular formula is C28H28N2O3S. The molecule has 0 saturated heterocycles. The standard InChI is InChI=1S/C28H28N2O3S/c1-33-26-17-23(15-24(18-29)28(32)30-19-22-11-6-3-7-12-22)16-25(27(26)31)20-34-14-8-13-21-9-4-2-5-10-21/h2-7,9-12,15-17,31H,8,13-14,19-20H2,1H3,(H,30,32)/b24-15-. The molecule has 2 N–H and O–H groups in total. The average molecular weight is 473 g/mol. The van der Waals surface area contributed by atoms with Crippen LogP contribution < -0.4 is 10.1 Å². The molecule has 0 atom stereocenters. The number of carbonyl (C=O) groups excluding carboxylic acids is 1. The first-order valence-electron chi connectivity index (χ1n) is 11.1. The van der Waals surface area contributed by atoms with E-state index in [0.29, 0.717) is 29.2 Å². The molecule has 1 amide bonds. The number of nitrogens with one attached hydrogen (secondary N) is 1. The third kappa shape index (κ3) is 7.43. The molecule has 0 aliphatic carbocycles. The van der Waals surface area contributed by atoms with E-state index in [9.17, 15) is 15.2 Å². The van der Waals surface area contributed by atoms with Crippen molar-refractivity contribution in [2.45, 2.75) is 25.1 Å². The highest BCUT2D eigenvalue weighted by Crippen LogP contribution is 2.34. The minimum absolute atomic E-state index is 0.00913. The van der Waals surface area contributed by atoms with Gasteiger partial charge in [-0.05, 0) is 53.5 Å². The summed E-state index contributed by atoms with van der Waals surface area (Å²) in [6.45, 7) is 0.336. The summed E-state index contributed by atoms with van der Waals surface area (Å²) < 4.78 is 5.32. The van der Waals surface area contributed by atoms with Crippen molar-refractivity contribution in [2.75, 3.05) is 12.9 Å². The number of phenols is 1. The van der Waals surface area contributed by atoms with Crippen molar-refractivity contribution in [3.05, 3.63) is 101 Å². The van der Waals surface area contributed by atoms with Crippen molar-refractivity contribution in [3.8, 4) is 17.6 Å². The fourth-order valence-corrected chi connectivity index (χ4v) is 4.36. The summed E-state index contributed by atoms with van der Waals surface area (Å²) in [5, 5.41) is 22.9. The molecular weight excluding hydrogens is 444 g/mol. The number of aryl methyl sites for hydroxylation is 1. The molecule has 0 aliphatic heterocycles. The van der Waals surface area contributed by atoms with Gasteiger partial charge in [0.25, 0.3) is 5.91 Å². The summed E-state index contributed by atoms with van der Waals surface area (Å²) in [6, 6.07) is 25.3. The number of hydrogen-bond acceptors (Lipinski definition) is 5. The second-order valence-corrected chi connectivity index (χ2v) is 8.82. The van der Waals surface area contributed by atoms with Gasteiger partial charge in [0.15, 0.2) is 11.5 Å². The van der Waals surface area contributed by atoms with Crippen molar-refractivity contribution >= 4 is 23.7 Å². The molecule has 0 radical (unpaired) electrons. The predicted octanol–water partition coefficient (Wildman–Crippen LogP) is 5.49. The van der Waals surface area contributed by atoms with E-state index in [-0.39, 0.29) is 11.3 Å². The fraction of sp³-hybridized carbons (Fsp3) is 0.214. The van der Waals surface area contributed by atoms with Gasteiger partial charge in [0.05, 0.1) is 7.11 Å². The van der Waals surface area contributed by atoms with Crippen molar-refractivity contribution in [3.63, 3.8) is 0 Å². The number of aromatic hydroxyl groups is 1. The van der Waals surface area contributed by atoms with E-state index in [4.69, 9.17) is 4.74 Å². The minimum atomic E-state index is -0.449. The number of nitriles is 1. The molecule has 3 aromatic carbocycles. The molecule has 34 heavy (non-hydrogen) atoms. The fourth-order valence-electron chi connectivity index (χ4n) is 3.43. The van der Waals surface area contributed by atoms with Crippen LogP contribution in [0.4, 0.5) is 0 Å². The monoisotopic (exact) mass is 472 g/mol. The summed E-state index contributed by atoms with van der Waals surface area (Å²) >= 11 is 1.72. The lowest BCUT2D eigenvalue weighted by Gasteiger charge is -2.11. The molecule has 5 nitrogen and oxygen atoms in total. The van der Waals surface area contributed by atoms with Crippen molar-refractivity contribution in [1.82, 2.24) is 5.32 Å². The van der Waals surface area contributed by atoms with E-state index in [1.807, 2.05) is 54.6 Å². The van der Waals surface area contributed by atoms with Gasteiger partial charge in [0.2, 0.25) is 0 Å². The Bertz CT molecular complexity index is 1160. The van der Waals surface area contributed by atoms with Gasteiger partial charge in [-0.15, -0.1) is 0 Å². The lowest BCUT2D eigenvalue weighted by molar-refractivity contribution is -0.117. The first kappa shape index (κ1) is 24.9. The van der Waals surface area contributed by atoms with Crippen molar-refractivity contribution in [2.24, 2.45) is 0 Å². The lowest BCUT2D eigenvalue weighted by Crippen LogP contribution is -2.23. The highest BCUT2D eigenvalue weighted by Gasteiger charge is 2.13. The maximum absolute atomic E-state index is 12.5. The van der Waals surface area contributed by atoms with Gasteiger partial charge in [-0.2, -0.15) is 17.0 Å². The van der Waals surface area contributed by atoms with E-state index in [1.54, 1.807) is 23.9 Å². The second-order valence-electron chi connectivity index (χ2n) is 7.71. The highest BCUT2D eigenvalue weighted by atomic mass is 32.2. The number of benzene rings is 3. The number of hydrogen-bond donors (Lipinski definition) is 2. The van der Waals surface area contributed by atoms with Gasteiger partial charge >= 0.3 is 0 Å². The number of rotatable bonds is 11. The van der Waals surface area contributed by atoms with Crippen LogP contribution in [0.3, 0.4) is 0 Å². The van der Waals surface area contributed by atoms with Crippen LogP contribution in [-0.4, -0.2) is 23.9 Å². The van der Waals surface area contributed by atoms with E-state index < -0.39 is 5.91 Å². The molecule has 3 aromatic rings. The van der Waals surface area contributed by atoms with Crippen molar-refractivity contribution in [1.29, 1.82) is 5.26 Å². The Kier molecular flexibility index (Phi) is 9.63. The van der Waals surface area contributed by atoms with Crippen molar-refractivity contribution < 1.29 is 14.6 Å². The highest BCUT2D eigenvalue weighted by molar-refractivity contribution is 7.98. The van der Waals surface area contributed by atoms with Crippen LogP contribution in [-0.2, 0) is 23.5 Å². The van der Waals surface area contributed by atoms with Crippen LogP contribution in [0.2, 0.25) is 0 Å². The summed E-state index contributed by atoms with van der Waals surface area (Å²) in [7, 11) is 1.48. The van der Waals surface area contributed by atoms with Crippen LogP contribution >= 0.6 is 11.8 Å². The number of nitrogens with zero attached hydrogens (tertiary/aromatic N) is 1. The molecule has 0 aliphatic rings. The smallest absolute Gasteiger partial charge is 0.262 e. The summed E-state index contributed by atoms with van der Waals surface area (Å²) in [4.78, 5) is 12.5.